The second kappa shape index (κ2) is 3.36. The minimum Gasteiger partial charge on any atom is -0.302 e. The summed E-state index contributed by atoms with van der Waals surface area (Å²) in [6.45, 7) is 4.50. The zero-order valence-corrected chi connectivity index (χ0v) is 8.20. The number of fused-ring (bicyclic) bond motifs is 1. The van der Waals surface area contributed by atoms with E-state index in [4.69, 9.17) is 0 Å². The van der Waals surface area contributed by atoms with Crippen LogP contribution in [0.5, 0.6) is 0 Å². The molecule has 0 aromatic rings. The number of hydrogen-bond donors (Lipinski definition) is 1. The normalized spacial score (nSPS) is 30.2. The van der Waals surface area contributed by atoms with Crippen LogP contribution in [0.2, 0.25) is 0 Å². The molecular weight excluding hydrogens is 160 g/mol. The van der Waals surface area contributed by atoms with E-state index in [0.29, 0.717) is 12.0 Å². The highest BCUT2D eigenvalue weighted by Gasteiger charge is 2.22. The van der Waals surface area contributed by atoms with E-state index in [1.165, 1.54) is 12.0 Å². The number of rotatable bonds is 2. The first-order valence-electron chi connectivity index (χ1n) is 4.93. The van der Waals surface area contributed by atoms with Crippen LogP contribution in [0.1, 0.15) is 20.3 Å². The molecule has 0 spiro atoms. The highest BCUT2D eigenvalue weighted by atomic mass is 15.3. The van der Waals surface area contributed by atoms with Gasteiger partial charge in [0.25, 0.3) is 0 Å². The zero-order chi connectivity index (χ0) is 9.26. The molecule has 2 atom stereocenters. The van der Waals surface area contributed by atoms with Crippen molar-refractivity contribution in [3.63, 3.8) is 0 Å². The first-order valence-corrected chi connectivity index (χ1v) is 4.93. The number of hydrazone groups is 1. The van der Waals surface area contributed by atoms with Crippen LogP contribution in [0.4, 0.5) is 0 Å². The minimum absolute atomic E-state index is 0.413. The van der Waals surface area contributed by atoms with E-state index in [-0.39, 0.29) is 0 Å². The molecule has 0 radical (unpaired) electrons. The molecule has 70 valence electrons. The third-order valence-electron chi connectivity index (χ3n) is 2.45. The molecule has 1 aliphatic carbocycles. The second-order valence-corrected chi connectivity index (χ2v) is 4.21. The Kier molecular flexibility index (Phi) is 2.21. The van der Waals surface area contributed by atoms with Gasteiger partial charge < -0.3 is 5.43 Å². The van der Waals surface area contributed by atoms with Crippen molar-refractivity contribution in [2.45, 2.75) is 26.3 Å². The summed E-state index contributed by atoms with van der Waals surface area (Å²) in [5.41, 5.74) is 4.52. The van der Waals surface area contributed by atoms with Crippen molar-refractivity contribution >= 4 is 6.21 Å². The quantitative estimate of drug-likeness (QED) is 0.684. The maximum atomic E-state index is 4.07. The molecule has 0 amide bonds. The van der Waals surface area contributed by atoms with Gasteiger partial charge in [-0.15, -0.1) is 0 Å². The first kappa shape index (κ1) is 8.54. The zero-order valence-electron chi connectivity index (χ0n) is 8.20. The van der Waals surface area contributed by atoms with E-state index in [2.05, 4.69) is 42.6 Å². The lowest BCUT2D eigenvalue weighted by Gasteiger charge is -2.18. The van der Waals surface area contributed by atoms with Crippen molar-refractivity contribution in [3.05, 3.63) is 23.8 Å². The smallest absolute Gasteiger partial charge is 0.0736 e. The summed E-state index contributed by atoms with van der Waals surface area (Å²) in [5, 5.41) is 4.07. The summed E-state index contributed by atoms with van der Waals surface area (Å²) in [6, 6.07) is 0.413. The summed E-state index contributed by atoms with van der Waals surface area (Å²) in [7, 11) is 0. The van der Waals surface area contributed by atoms with Crippen molar-refractivity contribution in [1.82, 2.24) is 5.43 Å². The Hall–Kier alpha value is -1.05. The molecule has 0 saturated carbocycles. The van der Waals surface area contributed by atoms with Gasteiger partial charge in [0.05, 0.1) is 6.04 Å². The SMILES string of the molecule is CC(C)CC1=CC2C=NNC2C=C1. The molecule has 2 unspecified atom stereocenters. The first-order chi connectivity index (χ1) is 6.25. The van der Waals surface area contributed by atoms with Gasteiger partial charge in [-0.2, -0.15) is 5.10 Å². The minimum atomic E-state index is 0.413. The van der Waals surface area contributed by atoms with Crippen LogP contribution in [0.25, 0.3) is 0 Å². The Morgan fingerprint density at radius 3 is 3.15 bits per heavy atom. The molecule has 2 rings (SSSR count). The van der Waals surface area contributed by atoms with Crippen LogP contribution >= 0.6 is 0 Å². The molecule has 0 fully saturated rings. The van der Waals surface area contributed by atoms with Crippen molar-refractivity contribution in [2.24, 2.45) is 16.9 Å². The molecule has 1 aliphatic heterocycles. The van der Waals surface area contributed by atoms with Gasteiger partial charge in [-0.1, -0.05) is 37.6 Å². The van der Waals surface area contributed by atoms with Gasteiger partial charge in [0, 0.05) is 12.1 Å². The lowest BCUT2D eigenvalue weighted by Crippen LogP contribution is -2.25. The Morgan fingerprint density at radius 2 is 2.38 bits per heavy atom. The molecule has 13 heavy (non-hydrogen) atoms. The largest absolute Gasteiger partial charge is 0.302 e. The average Bonchev–Trinajstić information content (AvgIpc) is 2.49. The van der Waals surface area contributed by atoms with Gasteiger partial charge in [-0.3, -0.25) is 0 Å². The average molecular weight is 176 g/mol. The predicted molar refractivity (Wildman–Crippen MR) is 55.6 cm³/mol. The van der Waals surface area contributed by atoms with Crippen molar-refractivity contribution in [2.75, 3.05) is 0 Å². The molecule has 0 bridgehead atoms. The van der Waals surface area contributed by atoms with E-state index in [9.17, 15) is 0 Å². The van der Waals surface area contributed by atoms with Gasteiger partial charge in [0.1, 0.15) is 0 Å². The van der Waals surface area contributed by atoms with Crippen molar-refractivity contribution in [3.8, 4) is 0 Å². The maximum Gasteiger partial charge on any atom is 0.0736 e. The van der Waals surface area contributed by atoms with Gasteiger partial charge in [0.2, 0.25) is 0 Å². The summed E-state index contributed by atoms with van der Waals surface area (Å²) in [5.74, 6) is 1.22. The van der Waals surface area contributed by atoms with Crippen LogP contribution in [0, 0.1) is 11.8 Å². The van der Waals surface area contributed by atoms with Crippen LogP contribution < -0.4 is 5.43 Å². The predicted octanol–water partition coefficient (Wildman–Crippen LogP) is 2.10. The van der Waals surface area contributed by atoms with E-state index < -0.39 is 0 Å². The summed E-state index contributed by atoms with van der Waals surface area (Å²) < 4.78 is 0. The lowest BCUT2D eigenvalue weighted by atomic mass is 9.90. The molecular formula is C11H16N2. The second-order valence-electron chi connectivity index (χ2n) is 4.21. The fourth-order valence-corrected chi connectivity index (χ4v) is 1.85. The standard InChI is InChI=1S/C11H16N2/c1-8(2)5-9-3-4-11-10(6-9)7-12-13-11/h3-4,6-8,10-11,13H,5H2,1-2H3. The molecule has 1 N–H and O–H groups in total. The number of nitrogens with zero attached hydrogens (tertiary/aromatic N) is 1. The molecule has 0 saturated heterocycles. The number of hydrogen-bond acceptors (Lipinski definition) is 2. The molecule has 2 heteroatoms. The van der Waals surface area contributed by atoms with E-state index in [0.717, 1.165) is 5.92 Å². The molecule has 1 heterocycles. The van der Waals surface area contributed by atoms with Crippen LogP contribution in [0.3, 0.4) is 0 Å². The number of allylic oxidation sites excluding steroid dienone is 2. The third kappa shape index (κ3) is 1.82. The van der Waals surface area contributed by atoms with Gasteiger partial charge in [-0.25, -0.2) is 0 Å². The fraction of sp³-hybridized carbons (Fsp3) is 0.545. The topological polar surface area (TPSA) is 24.4 Å². The van der Waals surface area contributed by atoms with Gasteiger partial charge in [-0.05, 0) is 12.3 Å². The van der Waals surface area contributed by atoms with E-state index in [1.807, 2.05) is 6.21 Å². The molecule has 2 nitrogen and oxygen atoms in total. The molecule has 0 aromatic carbocycles. The highest BCUT2D eigenvalue weighted by molar-refractivity contribution is 5.68. The van der Waals surface area contributed by atoms with E-state index in [1.54, 1.807) is 0 Å². The lowest BCUT2D eigenvalue weighted by molar-refractivity contribution is 0.600. The highest BCUT2D eigenvalue weighted by Crippen LogP contribution is 2.23. The molecule has 0 aromatic heterocycles. The Morgan fingerprint density at radius 1 is 1.54 bits per heavy atom. The Balaban J connectivity index is 2.06. The summed E-state index contributed by atoms with van der Waals surface area (Å²) in [6.07, 6.45) is 9.94. The maximum absolute atomic E-state index is 4.07. The van der Waals surface area contributed by atoms with Crippen LogP contribution in [0.15, 0.2) is 28.9 Å². The summed E-state index contributed by atoms with van der Waals surface area (Å²) >= 11 is 0. The monoisotopic (exact) mass is 176 g/mol. The van der Waals surface area contributed by atoms with Crippen LogP contribution in [-0.4, -0.2) is 12.3 Å². The fourth-order valence-electron chi connectivity index (χ4n) is 1.85. The van der Waals surface area contributed by atoms with Crippen LogP contribution in [-0.2, 0) is 0 Å². The van der Waals surface area contributed by atoms with Crippen molar-refractivity contribution in [1.29, 1.82) is 0 Å². The Bertz CT molecular complexity index is 274. The van der Waals surface area contributed by atoms with Crippen molar-refractivity contribution < 1.29 is 0 Å². The summed E-state index contributed by atoms with van der Waals surface area (Å²) in [4.78, 5) is 0. The number of nitrogens with one attached hydrogen (secondary N) is 1. The third-order valence-corrected chi connectivity index (χ3v) is 2.45. The molecule has 2 aliphatic rings. The van der Waals surface area contributed by atoms with E-state index >= 15 is 0 Å². The van der Waals surface area contributed by atoms with Gasteiger partial charge >= 0.3 is 0 Å². The Labute approximate surface area is 79.4 Å². The van der Waals surface area contributed by atoms with Gasteiger partial charge in [0.15, 0.2) is 0 Å².